The van der Waals surface area contributed by atoms with E-state index < -0.39 is 23.5 Å². The maximum absolute atomic E-state index is 12.5. The molecule has 1 aliphatic carbocycles. The Morgan fingerprint density at radius 3 is 2.09 bits per heavy atom. The molecule has 0 aliphatic heterocycles. The summed E-state index contributed by atoms with van der Waals surface area (Å²) in [6, 6.07) is 15.9. The average molecular weight is 467 g/mol. The van der Waals surface area contributed by atoms with Gasteiger partial charge in [-0.2, -0.15) is 0 Å². The fraction of sp³-hybridized carbons (Fsp3) is 0.444. The molecule has 34 heavy (non-hydrogen) atoms. The van der Waals surface area contributed by atoms with E-state index >= 15 is 0 Å². The van der Waals surface area contributed by atoms with Crippen molar-refractivity contribution in [2.45, 2.75) is 52.5 Å². The number of aliphatic carboxylic acids is 1. The van der Waals surface area contributed by atoms with Gasteiger partial charge >= 0.3 is 12.1 Å². The number of fused-ring (bicyclic) bond motifs is 3. The maximum atomic E-state index is 12.5. The number of nitrogens with one attached hydrogen (secondary N) is 2. The van der Waals surface area contributed by atoms with Gasteiger partial charge in [0.2, 0.25) is 5.91 Å². The number of benzene rings is 2. The van der Waals surface area contributed by atoms with Crippen molar-refractivity contribution in [2.75, 3.05) is 13.2 Å². The van der Waals surface area contributed by atoms with Crippen LogP contribution in [0.1, 0.15) is 57.6 Å². The second kappa shape index (κ2) is 10.7. The maximum Gasteiger partial charge on any atom is 0.407 e. The second-order valence-electron chi connectivity index (χ2n) is 10.0. The van der Waals surface area contributed by atoms with Crippen molar-refractivity contribution >= 4 is 18.0 Å². The van der Waals surface area contributed by atoms with Gasteiger partial charge in [-0.15, -0.1) is 0 Å². The summed E-state index contributed by atoms with van der Waals surface area (Å²) >= 11 is 0. The van der Waals surface area contributed by atoms with Crippen LogP contribution in [0.5, 0.6) is 0 Å². The molecule has 7 nitrogen and oxygen atoms in total. The van der Waals surface area contributed by atoms with Gasteiger partial charge < -0.3 is 20.5 Å². The fourth-order valence-electron chi connectivity index (χ4n) is 4.36. The molecular formula is C27H34N2O5. The van der Waals surface area contributed by atoms with Crippen LogP contribution >= 0.6 is 0 Å². The van der Waals surface area contributed by atoms with Gasteiger partial charge in [-0.25, -0.2) is 4.79 Å². The van der Waals surface area contributed by atoms with E-state index in [2.05, 4.69) is 34.9 Å². The standard InChI is InChI=1S/C27H34N2O5/c1-17(2)23(13-25(31)32)29-24(30)14-27(3,4)16-28-26(33)34-15-22-20-11-7-5-9-18(20)19-10-6-8-12-21(19)22/h5-12,17,22-23H,13-16H2,1-4H3,(H,28,33)(H,29,30)(H,31,32)/t23-/m0/s1. The molecule has 3 N–H and O–H groups in total. The summed E-state index contributed by atoms with van der Waals surface area (Å²) in [6.07, 6.45) is -0.497. The molecule has 3 rings (SSSR count). The van der Waals surface area contributed by atoms with Crippen molar-refractivity contribution in [3.8, 4) is 11.1 Å². The van der Waals surface area contributed by atoms with Gasteiger partial charge in [0.15, 0.2) is 0 Å². The quantitative estimate of drug-likeness (QED) is 0.476. The lowest BCUT2D eigenvalue weighted by atomic mass is 9.88. The Morgan fingerprint density at radius 1 is 1.00 bits per heavy atom. The third kappa shape index (κ3) is 6.37. The van der Waals surface area contributed by atoms with E-state index in [1.54, 1.807) is 0 Å². The van der Waals surface area contributed by atoms with E-state index in [4.69, 9.17) is 9.84 Å². The second-order valence-corrected chi connectivity index (χ2v) is 10.0. The number of carbonyl (C=O) groups is 3. The van der Waals surface area contributed by atoms with Gasteiger partial charge in [0.05, 0.1) is 6.42 Å². The van der Waals surface area contributed by atoms with Gasteiger partial charge in [0.1, 0.15) is 6.61 Å². The van der Waals surface area contributed by atoms with Crippen LogP contribution in [0.2, 0.25) is 0 Å². The molecule has 0 bridgehead atoms. The molecule has 7 heteroatoms. The molecule has 2 aromatic carbocycles. The molecule has 0 aromatic heterocycles. The van der Waals surface area contributed by atoms with Crippen LogP contribution in [-0.4, -0.2) is 42.3 Å². The van der Waals surface area contributed by atoms with E-state index in [1.165, 1.54) is 11.1 Å². The Kier molecular flexibility index (Phi) is 7.97. The molecule has 0 unspecified atom stereocenters. The van der Waals surface area contributed by atoms with Gasteiger partial charge in [-0.1, -0.05) is 76.2 Å². The highest BCUT2D eigenvalue weighted by Crippen LogP contribution is 2.44. The normalized spacial score (nSPS) is 13.7. The number of hydrogen-bond acceptors (Lipinski definition) is 4. The minimum Gasteiger partial charge on any atom is -0.481 e. The minimum atomic E-state index is -0.949. The molecule has 2 aromatic rings. The number of hydrogen-bond donors (Lipinski definition) is 3. The Hall–Kier alpha value is -3.35. The largest absolute Gasteiger partial charge is 0.481 e. The van der Waals surface area contributed by atoms with Crippen LogP contribution in [0.4, 0.5) is 4.79 Å². The van der Waals surface area contributed by atoms with Crippen LogP contribution in [0.25, 0.3) is 11.1 Å². The van der Waals surface area contributed by atoms with Crippen molar-refractivity contribution in [2.24, 2.45) is 11.3 Å². The summed E-state index contributed by atoms with van der Waals surface area (Å²) in [5.41, 5.74) is 4.10. The summed E-state index contributed by atoms with van der Waals surface area (Å²) in [5.74, 6) is -1.20. The van der Waals surface area contributed by atoms with Crippen molar-refractivity contribution in [1.29, 1.82) is 0 Å². The molecule has 182 valence electrons. The van der Waals surface area contributed by atoms with E-state index in [1.807, 2.05) is 52.0 Å². The predicted octanol–water partition coefficient (Wildman–Crippen LogP) is 4.56. The molecule has 0 fully saturated rings. The number of carboxylic acids is 1. The topological polar surface area (TPSA) is 105 Å². The first-order chi connectivity index (χ1) is 16.1. The molecule has 0 saturated heterocycles. The fourth-order valence-corrected chi connectivity index (χ4v) is 4.36. The van der Waals surface area contributed by atoms with Crippen LogP contribution in [0, 0.1) is 11.3 Å². The highest BCUT2D eigenvalue weighted by Gasteiger charge is 2.30. The lowest BCUT2D eigenvalue weighted by molar-refractivity contribution is -0.138. The van der Waals surface area contributed by atoms with E-state index in [0.29, 0.717) is 0 Å². The summed E-state index contributed by atoms with van der Waals surface area (Å²) in [5, 5.41) is 14.6. The average Bonchev–Trinajstić information content (AvgIpc) is 3.09. The Labute approximate surface area is 200 Å². The summed E-state index contributed by atoms with van der Waals surface area (Å²) in [4.78, 5) is 36.0. The summed E-state index contributed by atoms with van der Waals surface area (Å²) in [7, 11) is 0. The summed E-state index contributed by atoms with van der Waals surface area (Å²) < 4.78 is 5.56. The van der Waals surface area contributed by atoms with Crippen LogP contribution in [0.15, 0.2) is 48.5 Å². The van der Waals surface area contributed by atoms with Crippen LogP contribution < -0.4 is 10.6 Å². The van der Waals surface area contributed by atoms with Gasteiger partial charge in [-0.05, 0) is 33.6 Å². The molecule has 0 spiro atoms. The van der Waals surface area contributed by atoms with Crippen molar-refractivity contribution < 1.29 is 24.2 Å². The highest BCUT2D eigenvalue weighted by molar-refractivity contribution is 5.79. The monoisotopic (exact) mass is 466 g/mol. The van der Waals surface area contributed by atoms with E-state index in [9.17, 15) is 14.4 Å². The van der Waals surface area contributed by atoms with Crippen molar-refractivity contribution in [3.63, 3.8) is 0 Å². The SMILES string of the molecule is CC(C)[C@H](CC(=O)O)NC(=O)CC(C)(C)CNC(=O)OCC1c2ccccc2-c2ccccc21. The zero-order valence-corrected chi connectivity index (χ0v) is 20.3. The lowest BCUT2D eigenvalue weighted by Crippen LogP contribution is -2.43. The minimum absolute atomic E-state index is 0.00196. The number of carboxylic acid groups (broad SMARTS) is 1. The van der Waals surface area contributed by atoms with E-state index in [0.717, 1.165) is 11.1 Å². The number of ether oxygens (including phenoxy) is 1. The molecular weight excluding hydrogens is 432 g/mol. The van der Waals surface area contributed by atoms with Gasteiger partial charge in [0, 0.05) is 24.9 Å². The Balaban J connectivity index is 1.51. The highest BCUT2D eigenvalue weighted by atomic mass is 16.5. The third-order valence-electron chi connectivity index (χ3n) is 6.24. The smallest absolute Gasteiger partial charge is 0.407 e. The van der Waals surface area contributed by atoms with Crippen LogP contribution in [0.3, 0.4) is 0 Å². The zero-order chi connectivity index (χ0) is 24.9. The number of rotatable bonds is 10. The molecule has 1 aliphatic rings. The lowest BCUT2D eigenvalue weighted by Gasteiger charge is -2.27. The van der Waals surface area contributed by atoms with Crippen molar-refractivity contribution in [1.82, 2.24) is 10.6 Å². The molecule has 0 radical (unpaired) electrons. The van der Waals surface area contributed by atoms with E-state index in [-0.39, 0.29) is 43.7 Å². The first kappa shape index (κ1) is 25.3. The molecule has 0 saturated carbocycles. The Bertz CT molecular complexity index is 1000. The third-order valence-corrected chi connectivity index (χ3v) is 6.24. The first-order valence-corrected chi connectivity index (χ1v) is 11.7. The Morgan fingerprint density at radius 2 is 1.56 bits per heavy atom. The number of amides is 2. The van der Waals surface area contributed by atoms with Crippen molar-refractivity contribution in [3.05, 3.63) is 59.7 Å². The van der Waals surface area contributed by atoms with Gasteiger partial charge in [-0.3, -0.25) is 9.59 Å². The molecule has 2 amide bonds. The zero-order valence-electron chi connectivity index (χ0n) is 20.3. The molecule has 1 atom stereocenters. The molecule has 0 heterocycles. The van der Waals surface area contributed by atoms with Crippen LogP contribution in [-0.2, 0) is 14.3 Å². The first-order valence-electron chi connectivity index (χ1n) is 11.7. The predicted molar refractivity (Wildman–Crippen MR) is 130 cm³/mol. The number of carbonyl (C=O) groups excluding carboxylic acids is 2. The number of alkyl carbamates (subject to hydrolysis) is 1. The van der Waals surface area contributed by atoms with Gasteiger partial charge in [0.25, 0.3) is 0 Å². The summed E-state index contributed by atoms with van der Waals surface area (Å²) in [6.45, 7) is 7.97.